The van der Waals surface area contributed by atoms with Crippen LogP contribution in [0.1, 0.15) is 23.4 Å². The summed E-state index contributed by atoms with van der Waals surface area (Å²) in [5.41, 5.74) is 1.33. The third-order valence-electron chi connectivity index (χ3n) is 5.42. The van der Waals surface area contributed by atoms with Gasteiger partial charge in [-0.1, -0.05) is 12.1 Å². The van der Waals surface area contributed by atoms with Crippen molar-refractivity contribution in [1.29, 1.82) is 0 Å². The van der Waals surface area contributed by atoms with Crippen molar-refractivity contribution < 1.29 is 14.2 Å². The zero-order valence-corrected chi connectivity index (χ0v) is 16.0. The summed E-state index contributed by atoms with van der Waals surface area (Å²) in [6, 6.07) is 8.90. The van der Waals surface area contributed by atoms with Gasteiger partial charge in [0.1, 0.15) is 10.8 Å². The standard InChI is InChI=1S/C20H26N2O3S/c1-23-17-5-2-15(3-6-17)12-22-9-10-25-20-16(4-7-18(20)22)13-24-14-19-21-8-11-26-19/h2-3,5-6,8,11,16,18,20H,4,7,9-10,12-14H2,1H3. The molecule has 0 N–H and O–H groups in total. The molecule has 1 aliphatic carbocycles. The van der Waals surface area contributed by atoms with Crippen LogP contribution in [0.15, 0.2) is 35.8 Å². The van der Waals surface area contributed by atoms with Gasteiger partial charge in [-0.05, 0) is 30.5 Å². The second-order valence-electron chi connectivity index (χ2n) is 7.00. The van der Waals surface area contributed by atoms with Crippen LogP contribution in [-0.2, 0) is 22.6 Å². The minimum Gasteiger partial charge on any atom is -0.497 e. The number of hydrogen-bond acceptors (Lipinski definition) is 6. The predicted molar refractivity (Wildman–Crippen MR) is 101 cm³/mol. The molecule has 4 rings (SSSR count). The quantitative estimate of drug-likeness (QED) is 0.744. The van der Waals surface area contributed by atoms with Gasteiger partial charge >= 0.3 is 0 Å². The van der Waals surface area contributed by atoms with E-state index in [1.54, 1.807) is 18.4 Å². The van der Waals surface area contributed by atoms with E-state index >= 15 is 0 Å². The largest absolute Gasteiger partial charge is 0.497 e. The zero-order valence-electron chi connectivity index (χ0n) is 15.2. The van der Waals surface area contributed by atoms with Gasteiger partial charge in [0.25, 0.3) is 0 Å². The molecule has 3 atom stereocenters. The Bertz CT molecular complexity index is 677. The number of rotatable bonds is 7. The number of fused-ring (bicyclic) bond motifs is 1. The average molecular weight is 375 g/mol. The molecule has 140 valence electrons. The number of hydrogen-bond donors (Lipinski definition) is 0. The van der Waals surface area contributed by atoms with E-state index in [2.05, 4.69) is 22.0 Å². The highest BCUT2D eigenvalue weighted by atomic mass is 32.1. The Labute approximate surface area is 158 Å². The van der Waals surface area contributed by atoms with Crippen LogP contribution in [0.3, 0.4) is 0 Å². The van der Waals surface area contributed by atoms with Crippen molar-refractivity contribution >= 4 is 11.3 Å². The summed E-state index contributed by atoms with van der Waals surface area (Å²) in [6.45, 7) is 4.15. The molecule has 6 heteroatoms. The minimum absolute atomic E-state index is 0.290. The van der Waals surface area contributed by atoms with Crippen LogP contribution in [0.2, 0.25) is 0 Å². The Morgan fingerprint density at radius 3 is 2.92 bits per heavy atom. The number of nitrogens with zero attached hydrogens (tertiary/aromatic N) is 2. The van der Waals surface area contributed by atoms with Gasteiger partial charge in [-0.3, -0.25) is 4.90 Å². The van der Waals surface area contributed by atoms with Crippen molar-refractivity contribution in [3.8, 4) is 5.75 Å². The Hall–Kier alpha value is -1.47. The summed E-state index contributed by atoms with van der Waals surface area (Å²) in [7, 11) is 1.71. The van der Waals surface area contributed by atoms with E-state index in [0.717, 1.165) is 37.1 Å². The van der Waals surface area contributed by atoms with Gasteiger partial charge in [0.15, 0.2) is 0 Å². The maximum atomic E-state index is 6.15. The maximum Gasteiger partial charge on any atom is 0.118 e. The summed E-state index contributed by atoms with van der Waals surface area (Å²) in [4.78, 5) is 6.86. The lowest BCUT2D eigenvalue weighted by molar-refractivity contribution is -0.0891. The number of methoxy groups -OCH3 is 1. The molecule has 2 aliphatic rings. The first-order valence-corrected chi connectivity index (χ1v) is 10.2. The lowest BCUT2D eigenvalue weighted by Gasteiger charge is -2.39. The van der Waals surface area contributed by atoms with Crippen LogP contribution in [0.4, 0.5) is 0 Å². The van der Waals surface area contributed by atoms with Gasteiger partial charge in [-0.2, -0.15) is 0 Å². The van der Waals surface area contributed by atoms with Gasteiger partial charge in [-0.15, -0.1) is 11.3 Å². The van der Waals surface area contributed by atoms with Gasteiger partial charge in [0, 0.05) is 36.6 Å². The summed E-state index contributed by atoms with van der Waals surface area (Å²) in [5, 5.41) is 3.04. The molecule has 1 aromatic carbocycles. The molecular weight excluding hydrogens is 348 g/mol. The molecule has 5 nitrogen and oxygen atoms in total. The highest BCUT2D eigenvalue weighted by Gasteiger charge is 2.42. The Balaban J connectivity index is 1.32. The van der Waals surface area contributed by atoms with E-state index in [9.17, 15) is 0 Å². The molecule has 0 radical (unpaired) electrons. The number of morpholine rings is 1. The van der Waals surface area contributed by atoms with Crippen LogP contribution in [0, 0.1) is 5.92 Å². The first kappa shape index (κ1) is 17.9. The number of ether oxygens (including phenoxy) is 3. The molecule has 1 saturated carbocycles. The first-order chi connectivity index (χ1) is 12.8. The normalized spacial score (nSPS) is 26.0. The molecule has 2 heterocycles. The van der Waals surface area contributed by atoms with Crippen molar-refractivity contribution in [1.82, 2.24) is 9.88 Å². The van der Waals surface area contributed by atoms with Crippen LogP contribution >= 0.6 is 11.3 Å². The molecule has 1 aromatic heterocycles. The smallest absolute Gasteiger partial charge is 0.118 e. The van der Waals surface area contributed by atoms with Gasteiger partial charge in [0.2, 0.25) is 0 Å². The fourth-order valence-corrected chi connectivity index (χ4v) is 4.65. The molecule has 2 fully saturated rings. The summed E-state index contributed by atoms with van der Waals surface area (Å²) in [5.74, 6) is 1.39. The second-order valence-corrected chi connectivity index (χ2v) is 7.98. The van der Waals surface area contributed by atoms with Crippen LogP contribution in [-0.4, -0.2) is 48.9 Å². The summed E-state index contributed by atoms with van der Waals surface area (Å²) < 4.78 is 17.3. The third kappa shape index (κ3) is 4.09. The van der Waals surface area contributed by atoms with E-state index in [-0.39, 0.29) is 0 Å². The monoisotopic (exact) mass is 374 g/mol. The lowest BCUT2D eigenvalue weighted by Crippen LogP contribution is -2.50. The van der Waals surface area contributed by atoms with Crippen LogP contribution < -0.4 is 4.74 Å². The van der Waals surface area contributed by atoms with E-state index in [0.29, 0.717) is 24.7 Å². The Morgan fingerprint density at radius 1 is 1.27 bits per heavy atom. The van der Waals surface area contributed by atoms with Gasteiger partial charge in [-0.25, -0.2) is 4.98 Å². The molecule has 1 saturated heterocycles. The fourth-order valence-electron chi connectivity index (χ4n) is 4.10. The number of thiazole rings is 1. The maximum absolute atomic E-state index is 6.15. The van der Waals surface area contributed by atoms with Crippen molar-refractivity contribution in [2.75, 3.05) is 26.9 Å². The lowest BCUT2D eigenvalue weighted by atomic mass is 10.0. The zero-order chi connectivity index (χ0) is 17.8. The molecule has 3 unspecified atom stereocenters. The number of benzene rings is 1. The Kier molecular flexibility index (Phi) is 5.84. The van der Waals surface area contributed by atoms with Gasteiger partial charge < -0.3 is 14.2 Å². The molecule has 2 aromatic rings. The predicted octanol–water partition coefficient (Wildman–Crippen LogP) is 3.35. The summed E-state index contributed by atoms with van der Waals surface area (Å²) >= 11 is 1.65. The molecular formula is C20H26N2O3S. The van der Waals surface area contributed by atoms with Crippen molar-refractivity contribution in [2.45, 2.75) is 38.1 Å². The topological polar surface area (TPSA) is 43.8 Å². The van der Waals surface area contributed by atoms with Crippen LogP contribution in [0.25, 0.3) is 0 Å². The van der Waals surface area contributed by atoms with E-state index in [4.69, 9.17) is 14.2 Å². The number of aromatic nitrogens is 1. The molecule has 0 bridgehead atoms. The van der Waals surface area contributed by atoms with E-state index < -0.39 is 0 Å². The SMILES string of the molecule is COc1ccc(CN2CCOC3C(COCc4nccs4)CCC32)cc1. The highest BCUT2D eigenvalue weighted by Crippen LogP contribution is 2.35. The fraction of sp³-hybridized carbons (Fsp3) is 0.550. The van der Waals surface area contributed by atoms with E-state index in [1.807, 2.05) is 23.7 Å². The summed E-state index contributed by atoms with van der Waals surface area (Å²) in [6.07, 6.45) is 4.48. The molecule has 26 heavy (non-hydrogen) atoms. The van der Waals surface area contributed by atoms with Crippen molar-refractivity contribution in [3.05, 3.63) is 46.4 Å². The van der Waals surface area contributed by atoms with Crippen LogP contribution in [0.5, 0.6) is 5.75 Å². The average Bonchev–Trinajstić information content (AvgIpc) is 3.33. The minimum atomic E-state index is 0.290. The van der Waals surface area contributed by atoms with Crippen molar-refractivity contribution in [3.63, 3.8) is 0 Å². The third-order valence-corrected chi connectivity index (χ3v) is 6.17. The Morgan fingerprint density at radius 2 is 2.15 bits per heavy atom. The first-order valence-electron chi connectivity index (χ1n) is 9.28. The second kappa shape index (κ2) is 8.48. The van der Waals surface area contributed by atoms with E-state index in [1.165, 1.54) is 18.4 Å². The molecule has 1 aliphatic heterocycles. The highest BCUT2D eigenvalue weighted by molar-refractivity contribution is 7.09. The molecule has 0 spiro atoms. The van der Waals surface area contributed by atoms with Gasteiger partial charge in [0.05, 0.1) is 33.0 Å². The van der Waals surface area contributed by atoms with Crippen molar-refractivity contribution in [2.24, 2.45) is 5.92 Å². The molecule has 0 amide bonds.